The molecule has 2 heterocycles. The molecule has 36 heavy (non-hydrogen) atoms. The predicted molar refractivity (Wildman–Crippen MR) is 145 cm³/mol. The van der Waals surface area contributed by atoms with Gasteiger partial charge in [-0.25, -0.2) is 0 Å². The zero-order chi connectivity index (χ0) is 24.2. The highest BCUT2D eigenvalue weighted by Gasteiger charge is 2.63. The summed E-state index contributed by atoms with van der Waals surface area (Å²) < 4.78 is 1.65. The first kappa shape index (κ1) is 20.9. The van der Waals surface area contributed by atoms with Crippen LogP contribution in [0, 0.1) is 23.7 Å². The van der Waals surface area contributed by atoms with E-state index < -0.39 is 0 Å². The molecule has 4 aromatic rings. The molecule has 0 amide bonds. The van der Waals surface area contributed by atoms with Crippen LogP contribution in [0.2, 0.25) is 0 Å². The number of rotatable bonds is 2. The summed E-state index contributed by atoms with van der Waals surface area (Å²) in [5.74, 6) is 2.89. The molecule has 5 aliphatic rings. The summed E-state index contributed by atoms with van der Waals surface area (Å²) in [4.78, 5) is 2.61. The van der Waals surface area contributed by atoms with E-state index in [1.54, 1.807) is 4.57 Å². The first-order valence-electron chi connectivity index (χ1n) is 13.2. The van der Waals surface area contributed by atoms with Crippen LogP contribution in [0.5, 0.6) is 11.8 Å². The van der Waals surface area contributed by atoms with E-state index in [2.05, 4.69) is 43.0 Å². The average molecular weight is 492 g/mol. The van der Waals surface area contributed by atoms with Crippen LogP contribution in [-0.4, -0.2) is 14.8 Å². The summed E-state index contributed by atoms with van der Waals surface area (Å²) in [6, 6.07) is 22.6. The fourth-order valence-electron chi connectivity index (χ4n) is 8.67. The molecular weight excluding hydrogens is 462 g/mol. The Morgan fingerprint density at radius 3 is 2.06 bits per heavy atom. The zero-order valence-corrected chi connectivity index (χ0v) is 21.0. The van der Waals surface area contributed by atoms with Gasteiger partial charge < -0.3 is 10.2 Å². The lowest BCUT2D eigenvalue weighted by atomic mass is 9.42. The van der Waals surface area contributed by atoms with E-state index in [1.807, 2.05) is 41.7 Å². The number of benzene rings is 2. The highest BCUT2D eigenvalue weighted by Crippen LogP contribution is 2.71. The number of aromatic nitrogens is 1. The molecular formula is C32H29NO2S. The molecule has 0 unspecified atom stereocenters. The summed E-state index contributed by atoms with van der Waals surface area (Å²) in [5.41, 5.74) is 5.43. The molecule has 0 saturated heterocycles. The number of nitrogens with zero attached hydrogens (tertiary/aromatic N) is 1. The number of hydrogen-bond acceptors (Lipinski definition) is 3. The molecule has 180 valence electrons. The second-order valence-electron chi connectivity index (χ2n) is 11.4. The number of para-hydroxylation sites is 1. The van der Waals surface area contributed by atoms with Crippen LogP contribution < -0.4 is 0 Å². The Balaban J connectivity index is 1.44. The Kier molecular flexibility index (Phi) is 4.16. The lowest BCUT2D eigenvalue weighted by molar-refractivity contribution is -0.0417. The van der Waals surface area contributed by atoms with Gasteiger partial charge in [0.1, 0.15) is 0 Å². The third-order valence-electron chi connectivity index (χ3n) is 9.77. The fraction of sp³-hybridized carbons (Fsp3) is 0.312. The number of fused-ring (bicyclic) bond motifs is 2. The van der Waals surface area contributed by atoms with Crippen molar-refractivity contribution in [3.8, 4) is 27.9 Å². The zero-order valence-electron chi connectivity index (χ0n) is 20.2. The molecule has 2 aromatic carbocycles. The number of hydrogen-bond donors (Lipinski definition) is 2. The molecule has 9 rings (SSSR count). The summed E-state index contributed by atoms with van der Waals surface area (Å²) in [7, 11) is 0. The SMILES string of the molecule is C=C1c2cc(-c3ccccc3)sc2C2(c3c1c(O)n(-c1ccccc1)c3O)C1CC3CC(C1)CC2C3. The van der Waals surface area contributed by atoms with E-state index in [4.69, 9.17) is 0 Å². The quantitative estimate of drug-likeness (QED) is 0.301. The Bertz CT molecular complexity index is 1500. The van der Waals surface area contributed by atoms with Gasteiger partial charge in [-0.1, -0.05) is 55.1 Å². The first-order valence-corrected chi connectivity index (χ1v) is 14.0. The molecule has 0 radical (unpaired) electrons. The van der Waals surface area contributed by atoms with Crippen molar-refractivity contribution >= 4 is 16.9 Å². The Hall–Kier alpha value is -3.24. The van der Waals surface area contributed by atoms with Gasteiger partial charge in [0.15, 0.2) is 0 Å². The van der Waals surface area contributed by atoms with Crippen LogP contribution in [0.4, 0.5) is 0 Å². The second-order valence-corrected chi connectivity index (χ2v) is 12.5. The molecule has 2 aromatic heterocycles. The van der Waals surface area contributed by atoms with E-state index in [-0.39, 0.29) is 17.2 Å². The van der Waals surface area contributed by atoms with E-state index >= 15 is 0 Å². The first-order chi connectivity index (χ1) is 17.6. The third kappa shape index (κ3) is 2.48. The smallest absolute Gasteiger partial charge is 0.207 e. The lowest BCUT2D eigenvalue weighted by Crippen LogP contribution is -2.56. The van der Waals surface area contributed by atoms with Crippen molar-refractivity contribution in [1.82, 2.24) is 4.57 Å². The maximum atomic E-state index is 12.0. The van der Waals surface area contributed by atoms with Gasteiger partial charge in [0.25, 0.3) is 0 Å². The van der Waals surface area contributed by atoms with Crippen LogP contribution in [0.25, 0.3) is 21.7 Å². The van der Waals surface area contributed by atoms with Crippen LogP contribution in [0.15, 0.2) is 73.3 Å². The standard InChI is InChI=1S/C32H29NO2S/c1-18-25-17-26(21-8-4-2-5-9-21)36-29(25)32(22-13-19-12-20(15-22)16-23(32)14-19)28-27(18)30(34)33(31(28)35)24-10-6-3-7-11-24/h2-11,17,19-20,22-23,34-35H,1,12-16H2. The molecule has 5 aliphatic carbocycles. The van der Waals surface area contributed by atoms with Gasteiger partial charge in [-0.15, -0.1) is 11.3 Å². The van der Waals surface area contributed by atoms with E-state index in [0.29, 0.717) is 11.8 Å². The van der Waals surface area contributed by atoms with Crippen molar-refractivity contribution < 1.29 is 10.2 Å². The predicted octanol–water partition coefficient (Wildman–Crippen LogP) is 7.73. The van der Waals surface area contributed by atoms with Gasteiger partial charge in [0.2, 0.25) is 11.8 Å². The molecule has 0 atom stereocenters. The maximum absolute atomic E-state index is 12.0. The molecule has 2 N–H and O–H groups in total. The number of aromatic hydroxyl groups is 2. The van der Waals surface area contributed by atoms with Gasteiger partial charge >= 0.3 is 0 Å². The van der Waals surface area contributed by atoms with Gasteiger partial charge in [-0.05, 0) is 90.7 Å². The second kappa shape index (κ2) is 7.17. The normalized spacial score (nSPS) is 29.5. The molecule has 0 aliphatic heterocycles. The summed E-state index contributed by atoms with van der Waals surface area (Å²) >= 11 is 1.89. The Morgan fingerprint density at radius 1 is 0.806 bits per heavy atom. The molecule has 4 saturated carbocycles. The van der Waals surface area contributed by atoms with Crippen LogP contribution in [0.1, 0.15) is 53.7 Å². The molecule has 4 heteroatoms. The third-order valence-corrected chi connectivity index (χ3v) is 11.1. The largest absolute Gasteiger partial charge is 0.494 e. The molecule has 4 bridgehead atoms. The highest BCUT2D eigenvalue weighted by molar-refractivity contribution is 7.16. The van der Waals surface area contributed by atoms with E-state index in [0.717, 1.165) is 34.2 Å². The van der Waals surface area contributed by atoms with E-state index in [1.165, 1.54) is 53.0 Å². The summed E-state index contributed by atoms with van der Waals surface area (Å²) in [6.07, 6.45) is 6.24. The summed E-state index contributed by atoms with van der Waals surface area (Å²) in [6.45, 7) is 4.53. The van der Waals surface area contributed by atoms with Crippen molar-refractivity contribution in [2.75, 3.05) is 0 Å². The van der Waals surface area contributed by atoms with Crippen LogP contribution in [-0.2, 0) is 5.41 Å². The van der Waals surface area contributed by atoms with Gasteiger partial charge in [-0.2, -0.15) is 0 Å². The topological polar surface area (TPSA) is 45.4 Å². The van der Waals surface area contributed by atoms with Crippen molar-refractivity contribution in [1.29, 1.82) is 0 Å². The van der Waals surface area contributed by atoms with E-state index in [9.17, 15) is 10.2 Å². The Labute approximate surface area is 215 Å². The molecule has 1 spiro atoms. The maximum Gasteiger partial charge on any atom is 0.207 e. The highest BCUT2D eigenvalue weighted by atomic mass is 32.1. The van der Waals surface area contributed by atoms with Crippen molar-refractivity contribution in [2.45, 2.75) is 37.5 Å². The van der Waals surface area contributed by atoms with Gasteiger partial charge in [0, 0.05) is 20.7 Å². The van der Waals surface area contributed by atoms with Gasteiger partial charge in [-0.3, -0.25) is 4.57 Å². The average Bonchev–Trinajstić information content (AvgIpc) is 3.45. The minimum atomic E-state index is -0.265. The van der Waals surface area contributed by atoms with Gasteiger partial charge in [0.05, 0.1) is 11.3 Å². The van der Waals surface area contributed by atoms with Crippen molar-refractivity contribution in [2.24, 2.45) is 23.7 Å². The molecule has 3 nitrogen and oxygen atoms in total. The van der Waals surface area contributed by atoms with Crippen molar-refractivity contribution in [3.05, 3.63) is 94.9 Å². The molecule has 4 fully saturated rings. The van der Waals surface area contributed by atoms with Crippen LogP contribution in [0.3, 0.4) is 0 Å². The summed E-state index contributed by atoms with van der Waals surface area (Å²) in [5, 5.41) is 23.7. The van der Waals surface area contributed by atoms with Crippen LogP contribution >= 0.6 is 11.3 Å². The minimum absolute atomic E-state index is 0.116. The monoisotopic (exact) mass is 491 g/mol. The minimum Gasteiger partial charge on any atom is -0.494 e. The number of thiophene rings is 1. The lowest BCUT2D eigenvalue weighted by Gasteiger charge is -2.62. The fourth-order valence-corrected chi connectivity index (χ4v) is 10.2. The Morgan fingerprint density at radius 2 is 1.42 bits per heavy atom. The van der Waals surface area contributed by atoms with Crippen molar-refractivity contribution in [3.63, 3.8) is 0 Å².